The van der Waals surface area contributed by atoms with E-state index in [4.69, 9.17) is 10.5 Å². The number of hydrogen-bond acceptors (Lipinski definition) is 6. The number of carboxylic acid groups (broad SMARTS) is 1. The maximum Gasteiger partial charge on any atom is 0.312 e. The minimum absolute atomic E-state index is 0.0236. The summed E-state index contributed by atoms with van der Waals surface area (Å²) in [6.45, 7) is 3.91. The Balaban J connectivity index is 1.67. The normalized spacial score (nSPS) is 16.9. The molecule has 0 aliphatic carbocycles. The van der Waals surface area contributed by atoms with E-state index < -0.39 is 11.4 Å². The molecule has 0 amide bonds. The van der Waals surface area contributed by atoms with Crippen LogP contribution in [0.3, 0.4) is 0 Å². The number of aromatic nitrogens is 3. The number of nitrogens with zero attached hydrogens (tertiary/aromatic N) is 4. The van der Waals surface area contributed by atoms with Crippen LogP contribution in [0.2, 0.25) is 0 Å². The lowest BCUT2D eigenvalue weighted by Crippen LogP contribution is -2.31. The summed E-state index contributed by atoms with van der Waals surface area (Å²) >= 11 is 0. The lowest BCUT2D eigenvalue weighted by atomic mass is 9.95. The van der Waals surface area contributed by atoms with Gasteiger partial charge in [0.2, 0.25) is 0 Å². The van der Waals surface area contributed by atoms with E-state index in [-0.39, 0.29) is 18.5 Å². The van der Waals surface area contributed by atoms with Crippen LogP contribution in [0.5, 0.6) is 5.75 Å². The number of nitrogens with two attached hydrogens (primary N) is 1. The van der Waals surface area contributed by atoms with Crippen molar-refractivity contribution in [2.45, 2.75) is 32.7 Å². The van der Waals surface area contributed by atoms with E-state index in [1.54, 1.807) is 36.8 Å². The fourth-order valence-corrected chi connectivity index (χ4v) is 3.63. The molecule has 9 heteroatoms. The van der Waals surface area contributed by atoms with E-state index in [1.807, 2.05) is 6.07 Å². The number of anilines is 2. The first-order valence-electron chi connectivity index (χ1n) is 9.78. The fraction of sp³-hybridized carbons (Fsp3) is 0.381. The Morgan fingerprint density at radius 1 is 1.40 bits per heavy atom. The second-order valence-electron chi connectivity index (χ2n) is 8.17. The minimum Gasteiger partial charge on any atom is -0.492 e. The van der Waals surface area contributed by atoms with Crippen molar-refractivity contribution in [2.75, 3.05) is 23.8 Å². The SMILES string of the molecule is CC(C)(COc1ccc(F)cc1C1CCCN1c1ccn2ncc(N)c2n1)C(=O)O. The van der Waals surface area contributed by atoms with Crippen molar-refractivity contribution in [3.05, 3.63) is 48.0 Å². The highest BCUT2D eigenvalue weighted by molar-refractivity contribution is 5.73. The molecule has 2 aromatic heterocycles. The molecule has 4 rings (SSSR count). The third-order valence-electron chi connectivity index (χ3n) is 5.43. The first-order chi connectivity index (χ1) is 14.3. The standard InChI is InChI=1S/C21H24FN5O3/c1-21(2,20(28)29)12-30-17-6-5-13(22)10-14(17)16-4-3-8-26(16)18-7-9-27-19(25-18)15(23)11-24-27/h5-7,9-11,16H,3-4,8,12,23H2,1-2H3,(H,28,29). The van der Waals surface area contributed by atoms with E-state index >= 15 is 0 Å². The van der Waals surface area contributed by atoms with Crippen LogP contribution in [0.4, 0.5) is 15.9 Å². The van der Waals surface area contributed by atoms with Crippen molar-refractivity contribution in [3.8, 4) is 5.75 Å². The largest absolute Gasteiger partial charge is 0.492 e. The van der Waals surface area contributed by atoms with Gasteiger partial charge in [-0.1, -0.05) is 0 Å². The molecule has 1 aromatic carbocycles. The van der Waals surface area contributed by atoms with E-state index in [0.29, 0.717) is 22.6 Å². The molecule has 1 saturated heterocycles. The molecule has 0 saturated carbocycles. The Morgan fingerprint density at radius 3 is 2.97 bits per heavy atom. The summed E-state index contributed by atoms with van der Waals surface area (Å²) in [4.78, 5) is 18.1. The van der Waals surface area contributed by atoms with Crippen LogP contribution in [-0.2, 0) is 4.79 Å². The molecule has 3 heterocycles. The first kappa shape index (κ1) is 19.9. The van der Waals surface area contributed by atoms with Crippen molar-refractivity contribution in [2.24, 2.45) is 5.41 Å². The molecule has 0 radical (unpaired) electrons. The highest BCUT2D eigenvalue weighted by atomic mass is 19.1. The Morgan fingerprint density at radius 2 is 2.20 bits per heavy atom. The maximum atomic E-state index is 14.1. The minimum atomic E-state index is -1.06. The predicted octanol–water partition coefficient (Wildman–Crippen LogP) is 3.28. The number of carboxylic acids is 1. The summed E-state index contributed by atoms with van der Waals surface area (Å²) in [7, 11) is 0. The van der Waals surface area contributed by atoms with Crippen molar-refractivity contribution in [1.29, 1.82) is 0 Å². The topological polar surface area (TPSA) is 106 Å². The number of carbonyl (C=O) groups is 1. The predicted molar refractivity (Wildman–Crippen MR) is 110 cm³/mol. The smallest absolute Gasteiger partial charge is 0.312 e. The molecule has 0 bridgehead atoms. The van der Waals surface area contributed by atoms with Crippen LogP contribution < -0.4 is 15.4 Å². The van der Waals surface area contributed by atoms with E-state index in [9.17, 15) is 14.3 Å². The van der Waals surface area contributed by atoms with Crippen LogP contribution in [0, 0.1) is 11.2 Å². The third kappa shape index (κ3) is 3.62. The summed E-state index contributed by atoms with van der Waals surface area (Å²) in [5.41, 5.74) is 6.62. The van der Waals surface area contributed by atoms with Crippen molar-refractivity contribution < 1.29 is 19.0 Å². The lowest BCUT2D eigenvalue weighted by molar-refractivity contribution is -0.148. The monoisotopic (exact) mass is 413 g/mol. The zero-order valence-corrected chi connectivity index (χ0v) is 16.9. The van der Waals surface area contributed by atoms with Crippen LogP contribution in [0.25, 0.3) is 5.65 Å². The molecule has 30 heavy (non-hydrogen) atoms. The number of hydrogen-bond donors (Lipinski definition) is 2. The number of ether oxygens (including phenoxy) is 1. The van der Waals surface area contributed by atoms with Gasteiger partial charge >= 0.3 is 5.97 Å². The third-order valence-corrected chi connectivity index (χ3v) is 5.43. The van der Waals surface area contributed by atoms with Crippen LogP contribution in [-0.4, -0.2) is 38.8 Å². The van der Waals surface area contributed by atoms with Crippen LogP contribution in [0.1, 0.15) is 38.3 Å². The van der Waals surface area contributed by atoms with Gasteiger partial charge in [-0.05, 0) is 51.0 Å². The molecule has 0 spiro atoms. The van der Waals surface area contributed by atoms with Crippen molar-refractivity contribution >= 4 is 23.1 Å². The molecule has 1 aliphatic heterocycles. The van der Waals surface area contributed by atoms with Gasteiger partial charge in [0.1, 0.15) is 24.0 Å². The second-order valence-corrected chi connectivity index (χ2v) is 8.17. The molecule has 8 nitrogen and oxygen atoms in total. The van der Waals surface area contributed by atoms with E-state index in [0.717, 1.165) is 25.2 Å². The summed E-state index contributed by atoms with van der Waals surface area (Å²) in [5, 5.41) is 13.5. The highest BCUT2D eigenvalue weighted by Crippen LogP contribution is 2.40. The van der Waals surface area contributed by atoms with Crippen LogP contribution >= 0.6 is 0 Å². The molecule has 1 unspecified atom stereocenters. The average Bonchev–Trinajstić information content (AvgIpc) is 3.34. The van der Waals surface area contributed by atoms with Crippen LogP contribution in [0.15, 0.2) is 36.7 Å². The molecule has 1 fully saturated rings. The van der Waals surface area contributed by atoms with Gasteiger partial charge in [-0.15, -0.1) is 0 Å². The van der Waals surface area contributed by atoms with Gasteiger partial charge in [0.05, 0.1) is 23.3 Å². The van der Waals surface area contributed by atoms with Gasteiger partial charge in [0.15, 0.2) is 5.65 Å². The molecular formula is C21H24FN5O3. The van der Waals surface area contributed by atoms with Gasteiger partial charge < -0.3 is 20.5 Å². The summed E-state index contributed by atoms with van der Waals surface area (Å²) in [6, 6.07) is 6.04. The molecular weight excluding hydrogens is 389 g/mol. The van der Waals surface area contributed by atoms with Gasteiger partial charge in [-0.3, -0.25) is 4.79 Å². The second kappa shape index (κ2) is 7.47. The van der Waals surface area contributed by atoms with Crippen molar-refractivity contribution in [3.63, 3.8) is 0 Å². The number of benzene rings is 1. The zero-order chi connectivity index (χ0) is 21.5. The maximum absolute atomic E-state index is 14.1. The van der Waals surface area contributed by atoms with Gasteiger partial charge in [0.25, 0.3) is 0 Å². The number of rotatable bonds is 6. The van der Waals surface area contributed by atoms with Crippen molar-refractivity contribution in [1.82, 2.24) is 14.6 Å². The highest BCUT2D eigenvalue weighted by Gasteiger charge is 2.32. The number of halogens is 1. The van der Waals surface area contributed by atoms with Gasteiger partial charge in [-0.2, -0.15) is 5.10 Å². The molecule has 3 aromatic rings. The molecule has 158 valence electrons. The summed E-state index contributed by atoms with van der Waals surface area (Å²) < 4.78 is 21.6. The van der Waals surface area contributed by atoms with Gasteiger partial charge in [0, 0.05) is 18.3 Å². The Bertz CT molecular complexity index is 1100. The number of aliphatic carboxylic acids is 1. The Kier molecular flexibility index (Phi) is 4.97. The average molecular weight is 413 g/mol. The van der Waals surface area contributed by atoms with Gasteiger partial charge in [-0.25, -0.2) is 13.9 Å². The zero-order valence-electron chi connectivity index (χ0n) is 16.9. The Hall–Kier alpha value is -3.36. The lowest BCUT2D eigenvalue weighted by Gasteiger charge is -2.28. The fourth-order valence-electron chi connectivity index (χ4n) is 3.63. The first-order valence-corrected chi connectivity index (χ1v) is 9.78. The molecule has 1 atom stereocenters. The molecule has 1 aliphatic rings. The van der Waals surface area contributed by atoms with E-state index in [1.165, 1.54) is 12.1 Å². The summed E-state index contributed by atoms with van der Waals surface area (Å²) in [6.07, 6.45) is 5.05. The van der Waals surface area contributed by atoms with E-state index in [2.05, 4.69) is 15.0 Å². The molecule has 3 N–H and O–H groups in total. The quantitative estimate of drug-likeness (QED) is 0.639. The number of nitrogen functional groups attached to an aromatic ring is 1. The Labute approximate surface area is 173 Å². The summed E-state index contributed by atoms with van der Waals surface area (Å²) in [5.74, 6) is -0.124. The number of fused-ring (bicyclic) bond motifs is 1.